The van der Waals surface area contributed by atoms with Gasteiger partial charge in [-0.3, -0.25) is 4.79 Å². The van der Waals surface area contributed by atoms with Crippen molar-refractivity contribution in [2.45, 2.75) is 146 Å². The van der Waals surface area contributed by atoms with Crippen LogP contribution in [0.5, 0.6) is 0 Å². The molecular weight excluding hydrogens is 781 g/mol. The van der Waals surface area contributed by atoms with Gasteiger partial charge >= 0.3 is 11.9 Å². The summed E-state index contributed by atoms with van der Waals surface area (Å²) in [5.41, 5.74) is -1.65. The van der Waals surface area contributed by atoms with E-state index >= 15 is 0 Å². The fourth-order valence-corrected chi connectivity index (χ4v) is 9.36. The van der Waals surface area contributed by atoms with E-state index < -0.39 is 87.7 Å². The van der Waals surface area contributed by atoms with E-state index in [0.29, 0.717) is 13.0 Å². The smallest absolute Gasteiger partial charge is 0.338 e. The Balaban J connectivity index is 1.68. The van der Waals surface area contributed by atoms with Crippen LogP contribution >= 0.6 is 0 Å². The van der Waals surface area contributed by atoms with Gasteiger partial charge in [-0.05, 0) is 116 Å². The normalized spacial score (nSPS) is 37.3. The van der Waals surface area contributed by atoms with E-state index in [9.17, 15) is 38.4 Å². The number of sulfone groups is 1. The lowest BCUT2D eigenvalue weighted by atomic mass is 9.78. The van der Waals surface area contributed by atoms with Crippen LogP contribution in [0.25, 0.3) is 11.1 Å². The first-order valence-corrected chi connectivity index (χ1v) is 22.5. The third-order valence-electron chi connectivity index (χ3n) is 12.4. The predicted molar refractivity (Wildman–Crippen MR) is 223 cm³/mol. The molecule has 2 aromatic rings. The molecule has 2 fully saturated rings. The van der Waals surface area contributed by atoms with Gasteiger partial charge in [-0.2, -0.15) is 0 Å². The molecule has 14 atom stereocenters. The molecule has 0 spiro atoms. The SMILES string of the molecule is CC[C@H]1OC(=O)[C@H](C)[C@@H](O)[C@H](C)[C@@H](O[C@@H]2O[C@H](C)C[C@H](N(C)C)[C@H]2OC(=O)c2ccc(-c3ccc(S(C)(=O)=O)cc3)cc2)[C@](C)(O)C[C@@H](C)CN(C)[C@H](C)[C@@H](O)[C@]1(C)O. The molecule has 2 saturated heterocycles. The Hall–Kier alpha value is -2.99. The molecule has 2 heterocycles. The zero-order chi connectivity index (χ0) is 44.4. The van der Waals surface area contributed by atoms with Gasteiger partial charge < -0.3 is 49.2 Å². The summed E-state index contributed by atoms with van der Waals surface area (Å²) in [5.74, 6) is -3.65. The highest BCUT2D eigenvalue weighted by Crippen LogP contribution is 2.37. The monoisotopic (exact) mass is 848 g/mol. The second-order valence-electron chi connectivity index (χ2n) is 17.9. The van der Waals surface area contributed by atoms with Gasteiger partial charge in [-0.1, -0.05) is 45.0 Å². The zero-order valence-electron chi connectivity index (χ0n) is 36.7. The van der Waals surface area contributed by atoms with Gasteiger partial charge in [-0.15, -0.1) is 0 Å². The predicted octanol–water partition coefficient (Wildman–Crippen LogP) is 3.91. The molecule has 0 amide bonds. The molecule has 0 aromatic heterocycles. The Morgan fingerprint density at radius 2 is 1.53 bits per heavy atom. The number of esters is 2. The summed E-state index contributed by atoms with van der Waals surface area (Å²) in [4.78, 5) is 31.6. The summed E-state index contributed by atoms with van der Waals surface area (Å²) < 4.78 is 49.1. The number of likely N-dealkylation sites (N-methyl/N-ethyl adjacent to an activating group) is 2. The summed E-state index contributed by atoms with van der Waals surface area (Å²) >= 11 is 0. The molecule has 4 rings (SSSR count). The van der Waals surface area contributed by atoms with Crippen molar-refractivity contribution in [3.8, 4) is 11.1 Å². The number of carbonyl (C=O) groups is 2. The number of benzene rings is 2. The van der Waals surface area contributed by atoms with Gasteiger partial charge in [0.05, 0.1) is 46.3 Å². The molecule has 4 N–H and O–H groups in total. The maximum absolute atomic E-state index is 13.9. The number of hydrogen-bond acceptors (Lipinski definition) is 14. The van der Waals surface area contributed by atoms with Crippen LogP contribution in [-0.4, -0.2) is 151 Å². The van der Waals surface area contributed by atoms with Crippen LogP contribution < -0.4 is 0 Å². The second-order valence-corrected chi connectivity index (χ2v) is 19.9. The second kappa shape index (κ2) is 19.4. The molecule has 0 radical (unpaired) electrons. The summed E-state index contributed by atoms with van der Waals surface area (Å²) in [6.07, 6.45) is -5.47. The molecule has 0 unspecified atom stereocenters. The molecule has 15 heteroatoms. The van der Waals surface area contributed by atoms with Crippen molar-refractivity contribution in [3.63, 3.8) is 0 Å². The van der Waals surface area contributed by atoms with E-state index in [1.807, 2.05) is 44.8 Å². The quantitative estimate of drug-likeness (QED) is 0.280. The van der Waals surface area contributed by atoms with Crippen LogP contribution in [0, 0.1) is 17.8 Å². The number of aliphatic hydroxyl groups is 4. The van der Waals surface area contributed by atoms with Crippen LogP contribution in [0.15, 0.2) is 53.4 Å². The molecule has 2 aliphatic heterocycles. The van der Waals surface area contributed by atoms with E-state index in [4.69, 9.17) is 18.9 Å². The van der Waals surface area contributed by atoms with Gasteiger partial charge in [-0.25, -0.2) is 13.2 Å². The van der Waals surface area contributed by atoms with Crippen LogP contribution in [0.3, 0.4) is 0 Å². The van der Waals surface area contributed by atoms with Gasteiger partial charge in [0.25, 0.3) is 0 Å². The topological polar surface area (TPSA) is 193 Å². The Bertz CT molecular complexity index is 1820. The van der Waals surface area contributed by atoms with Crippen LogP contribution in [0.1, 0.15) is 85.0 Å². The van der Waals surface area contributed by atoms with Gasteiger partial charge in [0.15, 0.2) is 22.2 Å². The highest BCUT2D eigenvalue weighted by Gasteiger charge is 2.51. The van der Waals surface area contributed by atoms with Crippen LogP contribution in [0.2, 0.25) is 0 Å². The molecule has 0 aliphatic carbocycles. The molecule has 2 aliphatic rings. The number of hydrogen-bond donors (Lipinski definition) is 4. The van der Waals surface area contributed by atoms with Crippen molar-refractivity contribution in [3.05, 3.63) is 54.1 Å². The minimum absolute atomic E-state index is 0.169. The number of aliphatic hydroxyl groups excluding tert-OH is 2. The summed E-state index contributed by atoms with van der Waals surface area (Å²) in [6, 6.07) is 12.3. The summed E-state index contributed by atoms with van der Waals surface area (Å²) in [6.45, 7) is 14.0. The molecule has 0 saturated carbocycles. The first-order valence-electron chi connectivity index (χ1n) is 20.6. The minimum Gasteiger partial charge on any atom is -0.459 e. The highest BCUT2D eigenvalue weighted by molar-refractivity contribution is 7.90. The lowest BCUT2D eigenvalue weighted by Gasteiger charge is -2.47. The fourth-order valence-electron chi connectivity index (χ4n) is 8.73. The summed E-state index contributed by atoms with van der Waals surface area (Å²) in [7, 11) is 2.18. The van der Waals surface area contributed by atoms with E-state index in [2.05, 4.69) is 0 Å². The average Bonchev–Trinajstić information content (AvgIpc) is 3.16. The number of carbonyl (C=O) groups excluding carboxylic acids is 2. The molecule has 14 nitrogen and oxygen atoms in total. The number of nitrogens with zero attached hydrogens (tertiary/aromatic N) is 2. The van der Waals surface area contributed by atoms with Gasteiger partial charge in [0, 0.05) is 24.8 Å². The van der Waals surface area contributed by atoms with E-state index in [0.717, 1.165) is 17.4 Å². The van der Waals surface area contributed by atoms with Crippen LogP contribution in [-0.2, 0) is 33.6 Å². The Morgan fingerprint density at radius 1 is 0.966 bits per heavy atom. The third-order valence-corrected chi connectivity index (χ3v) is 13.5. The number of rotatable bonds is 8. The first-order chi connectivity index (χ1) is 27.3. The largest absolute Gasteiger partial charge is 0.459 e. The lowest BCUT2D eigenvalue weighted by molar-refractivity contribution is -0.298. The van der Waals surface area contributed by atoms with E-state index in [1.54, 1.807) is 64.1 Å². The molecule has 2 aromatic carbocycles. The third kappa shape index (κ3) is 11.5. The van der Waals surface area contributed by atoms with Crippen molar-refractivity contribution in [1.29, 1.82) is 0 Å². The highest BCUT2D eigenvalue weighted by atomic mass is 32.2. The fraction of sp³-hybridized carbons (Fsp3) is 0.682. The maximum atomic E-state index is 13.9. The van der Waals surface area contributed by atoms with Crippen LogP contribution in [0.4, 0.5) is 0 Å². The minimum atomic E-state index is -3.35. The van der Waals surface area contributed by atoms with Gasteiger partial charge in [0.1, 0.15) is 17.8 Å². The Morgan fingerprint density at radius 3 is 2.05 bits per heavy atom. The lowest BCUT2D eigenvalue weighted by Crippen LogP contribution is -2.60. The first kappa shape index (κ1) is 48.7. The maximum Gasteiger partial charge on any atom is 0.338 e. The van der Waals surface area contributed by atoms with Gasteiger partial charge in [0.2, 0.25) is 0 Å². The molecule has 59 heavy (non-hydrogen) atoms. The van der Waals surface area contributed by atoms with E-state index in [-0.39, 0.29) is 41.4 Å². The standard InChI is InChI=1S/C44H68N2O12S/c1-13-35-44(8,52)38(48)29(6)46(11)24-25(2)23-43(7,51)39(27(4)36(47)28(5)40(49)56-35)58-42-37(34(45(9)10)22-26(3)55-42)57-41(50)32-16-14-30(15-17-32)31-18-20-33(21-19-31)59(12,53)54/h14-21,25-29,34-39,42,47-48,51-52H,13,22-24H2,1-12H3/t25-,26-,27+,28-,29-,34+,35-,36+,37-,38-,39-,42+,43-,44-/m1/s1. The average molecular weight is 849 g/mol. The van der Waals surface area contributed by atoms with Crippen molar-refractivity contribution in [2.24, 2.45) is 17.8 Å². The van der Waals surface area contributed by atoms with E-state index in [1.165, 1.54) is 26.0 Å². The van der Waals surface area contributed by atoms with Crippen molar-refractivity contribution >= 4 is 21.8 Å². The van der Waals surface area contributed by atoms with Crippen molar-refractivity contribution in [2.75, 3.05) is 33.9 Å². The number of ether oxygens (including phenoxy) is 4. The molecule has 0 bridgehead atoms. The Kier molecular flexibility index (Phi) is 16.0. The molecular formula is C44H68N2O12S. The van der Waals surface area contributed by atoms with Crippen molar-refractivity contribution < 1.29 is 57.4 Å². The van der Waals surface area contributed by atoms with Crippen molar-refractivity contribution in [1.82, 2.24) is 9.80 Å². The zero-order valence-corrected chi connectivity index (χ0v) is 37.5. The molecule has 332 valence electrons. The number of cyclic esters (lactones) is 1. The summed E-state index contributed by atoms with van der Waals surface area (Å²) in [5, 5.41) is 47.1. The Labute approximate surface area is 350 Å².